The molecule has 1 aromatic carbocycles. The number of nitrogens with one attached hydrogen (secondary N) is 1. The van der Waals surface area contributed by atoms with Gasteiger partial charge in [-0.15, -0.1) is 11.8 Å². The fourth-order valence-corrected chi connectivity index (χ4v) is 1.94. The molecule has 0 bridgehead atoms. The zero-order valence-electron chi connectivity index (χ0n) is 9.16. The predicted octanol–water partition coefficient (Wildman–Crippen LogP) is 2.80. The molecular weight excluding hydrogens is 204 g/mol. The van der Waals surface area contributed by atoms with E-state index in [9.17, 15) is 0 Å². The quantitative estimate of drug-likeness (QED) is 0.775. The van der Waals surface area contributed by atoms with Crippen molar-refractivity contribution in [3.8, 4) is 6.07 Å². The van der Waals surface area contributed by atoms with Gasteiger partial charge in [-0.05, 0) is 31.2 Å². The van der Waals surface area contributed by atoms with Crippen molar-refractivity contribution in [1.82, 2.24) is 5.32 Å². The van der Waals surface area contributed by atoms with E-state index in [1.165, 1.54) is 5.56 Å². The molecule has 0 fully saturated rings. The molecule has 80 valence electrons. The van der Waals surface area contributed by atoms with E-state index in [-0.39, 0.29) is 5.25 Å². The fourth-order valence-electron chi connectivity index (χ4n) is 1.19. The number of rotatable bonds is 5. The Kier molecular flexibility index (Phi) is 5.23. The fraction of sp³-hybridized carbons (Fsp3) is 0.417. The zero-order valence-corrected chi connectivity index (χ0v) is 9.97. The molecule has 0 spiro atoms. The Bertz CT molecular complexity index is 326. The van der Waals surface area contributed by atoms with Gasteiger partial charge in [-0.25, -0.2) is 0 Å². The van der Waals surface area contributed by atoms with Crippen molar-refractivity contribution >= 4 is 11.8 Å². The number of nitrogens with zero attached hydrogens (tertiary/aromatic N) is 1. The van der Waals surface area contributed by atoms with E-state index in [2.05, 4.69) is 42.6 Å². The Labute approximate surface area is 95.7 Å². The lowest BCUT2D eigenvalue weighted by Crippen LogP contribution is -2.11. The summed E-state index contributed by atoms with van der Waals surface area (Å²) in [7, 11) is 0. The highest BCUT2D eigenvalue weighted by molar-refractivity contribution is 8.00. The van der Waals surface area contributed by atoms with Crippen molar-refractivity contribution < 1.29 is 0 Å². The number of benzene rings is 1. The molecule has 3 heteroatoms. The first-order valence-electron chi connectivity index (χ1n) is 5.12. The van der Waals surface area contributed by atoms with Crippen LogP contribution in [-0.2, 0) is 6.54 Å². The summed E-state index contributed by atoms with van der Waals surface area (Å²) in [6.07, 6.45) is 0. The maximum absolute atomic E-state index is 8.69. The molecule has 1 unspecified atom stereocenters. The second-order valence-corrected chi connectivity index (χ2v) is 4.73. The standard InChI is InChI=1S/C12H16N2S/c1-3-14-9-11-4-6-12(7-5-11)15-10(2)8-13/h4-7,10,14H,3,9H2,1-2H3. The minimum absolute atomic E-state index is 0.0182. The minimum atomic E-state index is 0.0182. The molecule has 1 rings (SSSR count). The van der Waals surface area contributed by atoms with E-state index in [4.69, 9.17) is 5.26 Å². The SMILES string of the molecule is CCNCc1ccc(SC(C)C#N)cc1. The van der Waals surface area contributed by atoms with E-state index >= 15 is 0 Å². The summed E-state index contributed by atoms with van der Waals surface area (Å²) in [6, 6.07) is 10.6. The highest BCUT2D eigenvalue weighted by Gasteiger charge is 2.01. The van der Waals surface area contributed by atoms with Crippen LogP contribution in [0.3, 0.4) is 0 Å². The van der Waals surface area contributed by atoms with Gasteiger partial charge in [0, 0.05) is 11.4 Å². The van der Waals surface area contributed by atoms with Crippen LogP contribution in [0.5, 0.6) is 0 Å². The van der Waals surface area contributed by atoms with Crippen LogP contribution in [0, 0.1) is 11.3 Å². The second-order valence-electron chi connectivity index (χ2n) is 3.31. The first-order chi connectivity index (χ1) is 7.26. The lowest BCUT2D eigenvalue weighted by Gasteiger charge is -2.05. The number of hydrogen-bond acceptors (Lipinski definition) is 3. The van der Waals surface area contributed by atoms with Crippen LogP contribution in [0.25, 0.3) is 0 Å². The summed E-state index contributed by atoms with van der Waals surface area (Å²) >= 11 is 1.59. The molecule has 2 nitrogen and oxygen atoms in total. The average molecular weight is 220 g/mol. The van der Waals surface area contributed by atoms with E-state index in [0.717, 1.165) is 18.0 Å². The summed E-state index contributed by atoms with van der Waals surface area (Å²) < 4.78 is 0. The van der Waals surface area contributed by atoms with Gasteiger partial charge in [0.1, 0.15) is 0 Å². The zero-order chi connectivity index (χ0) is 11.1. The first kappa shape index (κ1) is 12.1. The third kappa shape index (κ3) is 4.37. The molecule has 0 heterocycles. The lowest BCUT2D eigenvalue weighted by atomic mass is 10.2. The van der Waals surface area contributed by atoms with Crippen molar-refractivity contribution in [2.24, 2.45) is 0 Å². The molecule has 0 saturated heterocycles. The molecule has 0 saturated carbocycles. The van der Waals surface area contributed by atoms with E-state index < -0.39 is 0 Å². The summed E-state index contributed by atoms with van der Waals surface area (Å²) in [4.78, 5) is 1.16. The van der Waals surface area contributed by atoms with Gasteiger partial charge >= 0.3 is 0 Å². The minimum Gasteiger partial charge on any atom is -0.313 e. The smallest absolute Gasteiger partial charge is 0.0935 e. The summed E-state index contributed by atoms with van der Waals surface area (Å²) in [6.45, 7) is 5.91. The normalized spacial score (nSPS) is 12.1. The van der Waals surface area contributed by atoms with E-state index in [1.807, 2.05) is 6.92 Å². The molecule has 0 aromatic heterocycles. The molecule has 0 aliphatic carbocycles. The summed E-state index contributed by atoms with van der Waals surface area (Å²) in [5.74, 6) is 0. The highest BCUT2D eigenvalue weighted by atomic mass is 32.2. The van der Waals surface area contributed by atoms with Gasteiger partial charge in [-0.3, -0.25) is 0 Å². The Morgan fingerprint density at radius 2 is 2.07 bits per heavy atom. The molecule has 0 aliphatic heterocycles. The lowest BCUT2D eigenvalue weighted by molar-refractivity contribution is 0.726. The third-order valence-corrected chi connectivity index (χ3v) is 3.00. The molecular formula is C12H16N2S. The van der Waals surface area contributed by atoms with Crippen LogP contribution in [0.15, 0.2) is 29.2 Å². The van der Waals surface area contributed by atoms with E-state index in [1.54, 1.807) is 11.8 Å². The van der Waals surface area contributed by atoms with Crippen molar-refractivity contribution in [3.05, 3.63) is 29.8 Å². The highest BCUT2D eigenvalue weighted by Crippen LogP contribution is 2.22. The topological polar surface area (TPSA) is 35.8 Å². The molecule has 0 radical (unpaired) electrons. The number of nitriles is 1. The van der Waals surface area contributed by atoms with Crippen molar-refractivity contribution in [3.63, 3.8) is 0 Å². The van der Waals surface area contributed by atoms with Gasteiger partial charge < -0.3 is 5.32 Å². The van der Waals surface area contributed by atoms with Crippen molar-refractivity contribution in [2.45, 2.75) is 30.5 Å². The van der Waals surface area contributed by atoms with Gasteiger partial charge in [0.05, 0.1) is 11.3 Å². The second kappa shape index (κ2) is 6.49. The van der Waals surface area contributed by atoms with Crippen LogP contribution in [-0.4, -0.2) is 11.8 Å². The van der Waals surface area contributed by atoms with Crippen molar-refractivity contribution in [1.29, 1.82) is 5.26 Å². The molecule has 1 aromatic rings. The van der Waals surface area contributed by atoms with Crippen LogP contribution in [0.2, 0.25) is 0 Å². The maximum Gasteiger partial charge on any atom is 0.0935 e. The summed E-state index contributed by atoms with van der Waals surface area (Å²) in [5.41, 5.74) is 1.28. The van der Waals surface area contributed by atoms with Crippen LogP contribution in [0.4, 0.5) is 0 Å². The van der Waals surface area contributed by atoms with Gasteiger partial charge in [0.15, 0.2) is 0 Å². The third-order valence-electron chi connectivity index (χ3n) is 2.00. The van der Waals surface area contributed by atoms with Crippen LogP contribution >= 0.6 is 11.8 Å². The van der Waals surface area contributed by atoms with Gasteiger partial charge in [-0.1, -0.05) is 19.1 Å². The Morgan fingerprint density at radius 3 is 2.60 bits per heavy atom. The Hall–Kier alpha value is -0.980. The Morgan fingerprint density at radius 1 is 1.40 bits per heavy atom. The molecule has 0 amide bonds. The van der Waals surface area contributed by atoms with Gasteiger partial charge in [-0.2, -0.15) is 5.26 Å². The summed E-state index contributed by atoms with van der Waals surface area (Å²) in [5, 5.41) is 12.0. The molecule has 1 N–H and O–H groups in total. The monoisotopic (exact) mass is 220 g/mol. The van der Waals surface area contributed by atoms with Crippen LogP contribution < -0.4 is 5.32 Å². The predicted molar refractivity (Wildman–Crippen MR) is 64.8 cm³/mol. The van der Waals surface area contributed by atoms with Crippen molar-refractivity contribution in [2.75, 3.05) is 6.54 Å². The van der Waals surface area contributed by atoms with Crippen LogP contribution in [0.1, 0.15) is 19.4 Å². The molecule has 15 heavy (non-hydrogen) atoms. The Balaban J connectivity index is 2.53. The number of hydrogen-bond donors (Lipinski definition) is 1. The largest absolute Gasteiger partial charge is 0.313 e. The van der Waals surface area contributed by atoms with E-state index in [0.29, 0.717) is 0 Å². The first-order valence-corrected chi connectivity index (χ1v) is 6.00. The van der Waals surface area contributed by atoms with Gasteiger partial charge in [0.2, 0.25) is 0 Å². The van der Waals surface area contributed by atoms with Gasteiger partial charge in [0.25, 0.3) is 0 Å². The molecule has 0 aliphatic rings. The average Bonchev–Trinajstić information content (AvgIpc) is 2.28. The maximum atomic E-state index is 8.69. The molecule has 1 atom stereocenters. The number of thioether (sulfide) groups is 1.